The first-order chi connectivity index (χ1) is 13.1. The van der Waals surface area contributed by atoms with E-state index in [1.165, 1.54) is 6.33 Å². The van der Waals surface area contributed by atoms with Crippen molar-refractivity contribution in [3.8, 4) is 5.88 Å². The highest BCUT2D eigenvalue weighted by atomic mass is 16.6. The molecule has 3 rings (SSSR count). The fourth-order valence-corrected chi connectivity index (χ4v) is 3.06. The van der Waals surface area contributed by atoms with Crippen molar-refractivity contribution >= 4 is 17.4 Å². The number of carbonyl (C=O) groups is 1. The Morgan fingerprint density at radius 2 is 1.96 bits per heavy atom. The molecule has 2 N–H and O–H groups in total. The monoisotopic (exact) mass is 371 g/mol. The zero-order chi connectivity index (χ0) is 19.2. The SMILES string of the molecule is Cc1ccccc1C(=O)NNc1ncnc(OC2CCCCC2)c1[N+](=O)[O-]. The molecule has 1 aromatic carbocycles. The van der Waals surface area contributed by atoms with E-state index in [4.69, 9.17) is 4.74 Å². The quantitative estimate of drug-likeness (QED) is 0.591. The third kappa shape index (κ3) is 4.49. The Kier molecular flexibility index (Phi) is 5.80. The Balaban J connectivity index is 1.76. The van der Waals surface area contributed by atoms with Crippen molar-refractivity contribution in [2.24, 2.45) is 0 Å². The Hall–Kier alpha value is -3.23. The van der Waals surface area contributed by atoms with Crippen LogP contribution >= 0.6 is 0 Å². The molecule has 142 valence electrons. The van der Waals surface area contributed by atoms with Gasteiger partial charge in [0.1, 0.15) is 12.4 Å². The van der Waals surface area contributed by atoms with Crippen molar-refractivity contribution in [1.29, 1.82) is 0 Å². The first-order valence-corrected chi connectivity index (χ1v) is 8.84. The number of ether oxygens (including phenoxy) is 1. The maximum Gasteiger partial charge on any atom is 0.374 e. The van der Waals surface area contributed by atoms with Crippen LogP contribution in [0.1, 0.15) is 48.0 Å². The van der Waals surface area contributed by atoms with Gasteiger partial charge in [-0.05, 0) is 44.2 Å². The molecule has 0 radical (unpaired) electrons. The molecule has 9 nitrogen and oxygen atoms in total. The molecule has 1 aromatic heterocycles. The number of hydrogen-bond acceptors (Lipinski definition) is 7. The lowest BCUT2D eigenvalue weighted by Gasteiger charge is -2.22. The predicted molar refractivity (Wildman–Crippen MR) is 98.5 cm³/mol. The molecular formula is C18H21N5O4. The molecular weight excluding hydrogens is 350 g/mol. The molecule has 0 saturated heterocycles. The number of rotatable bonds is 6. The van der Waals surface area contributed by atoms with Gasteiger partial charge in [0.25, 0.3) is 11.8 Å². The summed E-state index contributed by atoms with van der Waals surface area (Å²) < 4.78 is 5.75. The topological polar surface area (TPSA) is 119 Å². The minimum Gasteiger partial charge on any atom is -0.469 e. The van der Waals surface area contributed by atoms with Crippen molar-refractivity contribution in [2.75, 3.05) is 5.43 Å². The number of aromatic nitrogens is 2. The Morgan fingerprint density at radius 1 is 1.22 bits per heavy atom. The average Bonchev–Trinajstić information content (AvgIpc) is 2.67. The number of nitrogens with one attached hydrogen (secondary N) is 2. The largest absolute Gasteiger partial charge is 0.469 e. The van der Waals surface area contributed by atoms with E-state index in [0.717, 1.165) is 37.7 Å². The van der Waals surface area contributed by atoms with E-state index in [-0.39, 0.29) is 17.8 Å². The van der Waals surface area contributed by atoms with Gasteiger partial charge >= 0.3 is 5.69 Å². The lowest BCUT2D eigenvalue weighted by molar-refractivity contribution is -0.385. The van der Waals surface area contributed by atoms with Crippen molar-refractivity contribution in [3.63, 3.8) is 0 Å². The molecule has 1 saturated carbocycles. The molecule has 2 aromatic rings. The molecule has 1 aliphatic rings. The molecule has 1 heterocycles. The highest BCUT2D eigenvalue weighted by Gasteiger charge is 2.27. The van der Waals surface area contributed by atoms with Gasteiger partial charge in [-0.25, -0.2) is 4.98 Å². The predicted octanol–water partition coefficient (Wildman–Crippen LogP) is 3.16. The Morgan fingerprint density at radius 3 is 2.67 bits per heavy atom. The Labute approximate surface area is 156 Å². The summed E-state index contributed by atoms with van der Waals surface area (Å²) in [6.07, 6.45) is 5.96. The van der Waals surface area contributed by atoms with Crippen LogP contribution in [-0.4, -0.2) is 26.9 Å². The molecule has 1 amide bonds. The molecule has 0 unspecified atom stereocenters. The number of anilines is 1. The first kappa shape index (κ1) is 18.6. The number of hydrazine groups is 1. The van der Waals surface area contributed by atoms with Crippen LogP contribution in [-0.2, 0) is 0 Å². The number of nitro groups is 1. The summed E-state index contributed by atoms with van der Waals surface area (Å²) in [6, 6.07) is 7.03. The molecule has 27 heavy (non-hydrogen) atoms. The van der Waals surface area contributed by atoms with Gasteiger partial charge in [-0.2, -0.15) is 4.98 Å². The second-order valence-corrected chi connectivity index (χ2v) is 6.41. The van der Waals surface area contributed by atoms with Crippen LogP contribution in [0.15, 0.2) is 30.6 Å². The van der Waals surface area contributed by atoms with Crippen LogP contribution < -0.4 is 15.6 Å². The van der Waals surface area contributed by atoms with Gasteiger partial charge in [0.05, 0.1) is 4.92 Å². The van der Waals surface area contributed by atoms with E-state index in [1.807, 2.05) is 6.07 Å². The fraction of sp³-hybridized carbons (Fsp3) is 0.389. The van der Waals surface area contributed by atoms with Crippen LogP contribution in [0, 0.1) is 17.0 Å². The summed E-state index contributed by atoms with van der Waals surface area (Å²) >= 11 is 0. The van der Waals surface area contributed by atoms with Gasteiger partial charge in [0.15, 0.2) is 0 Å². The van der Waals surface area contributed by atoms with Crippen LogP contribution in [0.3, 0.4) is 0 Å². The van der Waals surface area contributed by atoms with Crippen LogP contribution in [0.5, 0.6) is 5.88 Å². The summed E-state index contributed by atoms with van der Waals surface area (Å²) in [5.41, 5.74) is 5.82. The van der Waals surface area contributed by atoms with Gasteiger partial charge in [-0.15, -0.1) is 0 Å². The van der Waals surface area contributed by atoms with Gasteiger partial charge in [-0.3, -0.25) is 25.8 Å². The minimum atomic E-state index is -0.611. The highest BCUT2D eigenvalue weighted by molar-refractivity contribution is 5.96. The average molecular weight is 371 g/mol. The zero-order valence-electron chi connectivity index (χ0n) is 15.0. The lowest BCUT2D eigenvalue weighted by atomic mass is 9.98. The van der Waals surface area contributed by atoms with Gasteiger partial charge in [0, 0.05) is 5.56 Å². The second-order valence-electron chi connectivity index (χ2n) is 6.41. The third-order valence-electron chi connectivity index (χ3n) is 4.49. The van der Waals surface area contributed by atoms with Crippen molar-refractivity contribution in [2.45, 2.75) is 45.1 Å². The highest BCUT2D eigenvalue weighted by Crippen LogP contribution is 2.33. The number of carbonyl (C=O) groups excluding carboxylic acids is 1. The normalized spacial score (nSPS) is 14.4. The summed E-state index contributed by atoms with van der Waals surface area (Å²) in [6.45, 7) is 1.80. The van der Waals surface area contributed by atoms with Crippen LogP contribution in [0.2, 0.25) is 0 Å². The Bertz CT molecular complexity index is 836. The summed E-state index contributed by atoms with van der Waals surface area (Å²) in [5, 5.41) is 11.5. The molecule has 0 spiro atoms. The van der Waals surface area contributed by atoms with E-state index in [2.05, 4.69) is 20.8 Å². The summed E-state index contributed by atoms with van der Waals surface area (Å²) in [4.78, 5) is 31.0. The smallest absolute Gasteiger partial charge is 0.374 e. The van der Waals surface area contributed by atoms with Crippen molar-refractivity contribution in [3.05, 3.63) is 51.8 Å². The number of hydrogen-bond donors (Lipinski definition) is 2. The molecule has 0 bridgehead atoms. The first-order valence-electron chi connectivity index (χ1n) is 8.84. The van der Waals surface area contributed by atoms with Crippen LogP contribution in [0.4, 0.5) is 11.5 Å². The maximum absolute atomic E-state index is 12.3. The standard InChI is InChI=1S/C18H21N5O4/c1-12-7-5-6-10-14(12)17(24)22-21-16-15(23(25)26)18(20-11-19-16)27-13-8-3-2-4-9-13/h5-7,10-11,13H,2-4,8-9H2,1H3,(H,22,24)(H,19,20,21). The van der Waals surface area contributed by atoms with Gasteiger partial charge in [0.2, 0.25) is 5.82 Å². The molecule has 1 fully saturated rings. The number of nitrogens with zero attached hydrogens (tertiary/aromatic N) is 3. The molecule has 0 atom stereocenters. The minimum absolute atomic E-state index is 0.0884. The summed E-state index contributed by atoms with van der Waals surface area (Å²) in [5.74, 6) is -0.631. The zero-order valence-corrected chi connectivity index (χ0v) is 15.0. The summed E-state index contributed by atoms with van der Waals surface area (Å²) in [7, 11) is 0. The molecule has 9 heteroatoms. The van der Waals surface area contributed by atoms with Crippen LogP contribution in [0.25, 0.3) is 0 Å². The number of amides is 1. The number of benzene rings is 1. The third-order valence-corrected chi connectivity index (χ3v) is 4.49. The van der Waals surface area contributed by atoms with Gasteiger partial charge in [-0.1, -0.05) is 24.6 Å². The lowest BCUT2D eigenvalue weighted by Crippen LogP contribution is -2.31. The number of aryl methyl sites for hydroxylation is 1. The second kappa shape index (κ2) is 8.43. The van der Waals surface area contributed by atoms with E-state index in [0.29, 0.717) is 5.56 Å². The van der Waals surface area contributed by atoms with E-state index in [1.54, 1.807) is 25.1 Å². The molecule has 1 aliphatic carbocycles. The van der Waals surface area contributed by atoms with Gasteiger partial charge < -0.3 is 4.74 Å². The fourth-order valence-electron chi connectivity index (χ4n) is 3.06. The van der Waals surface area contributed by atoms with Crippen molar-refractivity contribution < 1.29 is 14.5 Å². The van der Waals surface area contributed by atoms with E-state index >= 15 is 0 Å². The van der Waals surface area contributed by atoms with Crippen molar-refractivity contribution in [1.82, 2.24) is 15.4 Å². The van der Waals surface area contributed by atoms with E-state index in [9.17, 15) is 14.9 Å². The van der Waals surface area contributed by atoms with E-state index < -0.39 is 16.5 Å². The molecule has 0 aliphatic heterocycles. The maximum atomic E-state index is 12.3.